The topological polar surface area (TPSA) is 29.1 Å². The largest absolute Gasteiger partial charge is 0.351 e. The fraction of sp³-hybridized carbons (Fsp3) is 0.500. The van der Waals surface area contributed by atoms with Crippen molar-refractivity contribution in [1.82, 2.24) is 5.32 Å². The molecule has 1 N–H and O–H groups in total. The second-order valence-electron chi connectivity index (χ2n) is 4.43. The van der Waals surface area contributed by atoms with Crippen molar-refractivity contribution in [2.45, 2.75) is 31.5 Å². The molecule has 0 aliphatic rings. The van der Waals surface area contributed by atoms with Gasteiger partial charge in [0, 0.05) is 16.4 Å². The van der Waals surface area contributed by atoms with Crippen LogP contribution in [0.15, 0.2) is 18.2 Å². The standard InChI is InChI=1S/C14H18BrCl2NO/c1-3-9(4-2)12(15)8-18-14(19)11-7-10(16)5-6-13(11)17/h5-7,9,12H,3-4,8H2,1-2H3,(H,18,19). The lowest BCUT2D eigenvalue weighted by molar-refractivity contribution is 0.0952. The molecule has 0 bridgehead atoms. The van der Waals surface area contributed by atoms with Gasteiger partial charge in [-0.1, -0.05) is 65.8 Å². The third-order valence-electron chi connectivity index (χ3n) is 3.19. The van der Waals surface area contributed by atoms with Gasteiger partial charge in [0.05, 0.1) is 10.6 Å². The lowest BCUT2D eigenvalue weighted by Crippen LogP contribution is -2.33. The number of hydrogen-bond acceptors (Lipinski definition) is 1. The maximum atomic E-state index is 12.0. The van der Waals surface area contributed by atoms with Crippen molar-refractivity contribution in [3.05, 3.63) is 33.8 Å². The van der Waals surface area contributed by atoms with Gasteiger partial charge in [-0.05, 0) is 24.1 Å². The fourth-order valence-electron chi connectivity index (χ4n) is 1.92. The molecule has 0 saturated heterocycles. The molecule has 1 unspecified atom stereocenters. The van der Waals surface area contributed by atoms with E-state index in [-0.39, 0.29) is 10.7 Å². The lowest BCUT2D eigenvalue weighted by atomic mass is 9.99. The Morgan fingerprint density at radius 3 is 2.53 bits per heavy atom. The minimum Gasteiger partial charge on any atom is -0.351 e. The van der Waals surface area contributed by atoms with E-state index in [1.165, 1.54) is 0 Å². The molecule has 1 rings (SSSR count). The zero-order valence-electron chi connectivity index (χ0n) is 11.1. The summed E-state index contributed by atoms with van der Waals surface area (Å²) in [6.07, 6.45) is 2.17. The molecule has 0 fully saturated rings. The molecule has 0 heterocycles. The summed E-state index contributed by atoms with van der Waals surface area (Å²) in [5.41, 5.74) is 0.415. The highest BCUT2D eigenvalue weighted by Gasteiger charge is 2.17. The van der Waals surface area contributed by atoms with E-state index in [1.807, 2.05) is 0 Å². The Balaban J connectivity index is 2.63. The highest BCUT2D eigenvalue weighted by atomic mass is 79.9. The number of halogens is 3. The number of benzene rings is 1. The molecule has 2 nitrogen and oxygen atoms in total. The average Bonchev–Trinajstić information content (AvgIpc) is 2.40. The van der Waals surface area contributed by atoms with Crippen LogP contribution in [0.1, 0.15) is 37.0 Å². The summed E-state index contributed by atoms with van der Waals surface area (Å²) in [5.74, 6) is 0.359. The van der Waals surface area contributed by atoms with Gasteiger partial charge in [0.15, 0.2) is 0 Å². The van der Waals surface area contributed by atoms with E-state index < -0.39 is 0 Å². The Hall–Kier alpha value is -0.250. The fourth-order valence-corrected chi connectivity index (χ4v) is 3.21. The minimum absolute atomic E-state index is 0.192. The molecular formula is C14H18BrCl2NO. The van der Waals surface area contributed by atoms with E-state index in [9.17, 15) is 4.79 Å². The molecule has 5 heteroatoms. The van der Waals surface area contributed by atoms with Crippen molar-refractivity contribution >= 4 is 45.0 Å². The molecule has 0 aromatic heterocycles. The van der Waals surface area contributed by atoms with Crippen molar-refractivity contribution in [3.63, 3.8) is 0 Å². The highest BCUT2D eigenvalue weighted by molar-refractivity contribution is 9.09. The summed E-state index contributed by atoms with van der Waals surface area (Å²) in [7, 11) is 0. The second-order valence-corrected chi connectivity index (χ2v) is 6.45. The number of hydrogen-bond donors (Lipinski definition) is 1. The Kier molecular flexibility index (Phi) is 7.19. The van der Waals surface area contributed by atoms with Gasteiger partial charge in [-0.3, -0.25) is 4.79 Å². The first-order chi connectivity index (χ1) is 8.99. The number of carbonyl (C=O) groups excluding carboxylic acids is 1. The first-order valence-electron chi connectivity index (χ1n) is 6.36. The van der Waals surface area contributed by atoms with Crippen LogP contribution in [0, 0.1) is 5.92 Å². The normalized spacial score (nSPS) is 12.5. The van der Waals surface area contributed by atoms with Crippen molar-refractivity contribution < 1.29 is 4.79 Å². The molecule has 106 valence electrons. The van der Waals surface area contributed by atoms with Crippen LogP contribution in [0.25, 0.3) is 0 Å². The van der Waals surface area contributed by atoms with E-state index in [2.05, 4.69) is 35.1 Å². The molecular weight excluding hydrogens is 349 g/mol. The van der Waals surface area contributed by atoms with Crippen LogP contribution < -0.4 is 5.32 Å². The molecule has 0 aliphatic heterocycles. The minimum atomic E-state index is -0.192. The van der Waals surface area contributed by atoms with Crippen LogP contribution in [0.3, 0.4) is 0 Å². The van der Waals surface area contributed by atoms with E-state index in [0.29, 0.717) is 28.1 Å². The number of rotatable bonds is 6. The Morgan fingerprint density at radius 2 is 1.95 bits per heavy atom. The van der Waals surface area contributed by atoms with Crippen LogP contribution in [-0.4, -0.2) is 17.3 Å². The van der Waals surface area contributed by atoms with Gasteiger partial charge in [-0.2, -0.15) is 0 Å². The summed E-state index contributed by atoms with van der Waals surface area (Å²) in [6.45, 7) is 4.88. The van der Waals surface area contributed by atoms with Crippen LogP contribution in [-0.2, 0) is 0 Å². The maximum absolute atomic E-state index is 12.0. The molecule has 1 aromatic rings. The summed E-state index contributed by atoms with van der Waals surface area (Å²) in [6, 6.07) is 4.88. The van der Waals surface area contributed by atoms with Gasteiger partial charge in [0.25, 0.3) is 5.91 Å². The quantitative estimate of drug-likeness (QED) is 0.711. The predicted molar refractivity (Wildman–Crippen MR) is 85.6 cm³/mol. The first-order valence-corrected chi connectivity index (χ1v) is 8.04. The molecule has 19 heavy (non-hydrogen) atoms. The van der Waals surface area contributed by atoms with Crippen LogP contribution in [0.5, 0.6) is 0 Å². The monoisotopic (exact) mass is 365 g/mol. The number of nitrogens with one attached hydrogen (secondary N) is 1. The molecule has 0 aliphatic carbocycles. The summed E-state index contributed by atoms with van der Waals surface area (Å²) in [5, 5.41) is 3.80. The smallest absolute Gasteiger partial charge is 0.252 e. The maximum Gasteiger partial charge on any atom is 0.252 e. The Labute approximate surface area is 133 Å². The van der Waals surface area contributed by atoms with Gasteiger partial charge in [0.2, 0.25) is 0 Å². The molecule has 1 atom stereocenters. The Morgan fingerprint density at radius 1 is 1.32 bits per heavy atom. The van der Waals surface area contributed by atoms with Crippen molar-refractivity contribution in [2.24, 2.45) is 5.92 Å². The van der Waals surface area contributed by atoms with Crippen molar-refractivity contribution in [2.75, 3.05) is 6.54 Å². The van der Waals surface area contributed by atoms with Gasteiger partial charge >= 0.3 is 0 Å². The predicted octanol–water partition coefficient (Wildman–Crippen LogP) is 4.92. The molecule has 1 amide bonds. The third-order valence-corrected chi connectivity index (χ3v) is 4.83. The van der Waals surface area contributed by atoms with Crippen molar-refractivity contribution in [3.8, 4) is 0 Å². The van der Waals surface area contributed by atoms with Crippen molar-refractivity contribution in [1.29, 1.82) is 0 Å². The number of carbonyl (C=O) groups is 1. The number of amides is 1. The lowest BCUT2D eigenvalue weighted by Gasteiger charge is -2.20. The SMILES string of the molecule is CCC(CC)C(Br)CNC(=O)c1cc(Cl)ccc1Cl. The van der Waals surface area contributed by atoms with E-state index in [0.717, 1.165) is 12.8 Å². The molecule has 0 spiro atoms. The molecule has 1 aromatic carbocycles. The summed E-state index contributed by atoms with van der Waals surface area (Å²) in [4.78, 5) is 12.3. The van der Waals surface area contributed by atoms with Crippen LogP contribution >= 0.6 is 39.1 Å². The van der Waals surface area contributed by atoms with Crippen LogP contribution in [0.2, 0.25) is 10.0 Å². The first kappa shape index (κ1) is 16.8. The zero-order valence-corrected chi connectivity index (χ0v) is 14.1. The molecule has 0 radical (unpaired) electrons. The summed E-state index contributed by atoms with van der Waals surface area (Å²) < 4.78 is 0. The highest BCUT2D eigenvalue weighted by Crippen LogP contribution is 2.22. The molecule has 0 saturated carbocycles. The van der Waals surface area contributed by atoms with E-state index in [1.54, 1.807) is 18.2 Å². The average molecular weight is 367 g/mol. The summed E-state index contributed by atoms with van der Waals surface area (Å²) >= 11 is 15.5. The second kappa shape index (κ2) is 8.13. The van der Waals surface area contributed by atoms with E-state index >= 15 is 0 Å². The van der Waals surface area contributed by atoms with E-state index in [4.69, 9.17) is 23.2 Å². The van der Waals surface area contributed by atoms with Gasteiger partial charge < -0.3 is 5.32 Å². The third kappa shape index (κ3) is 4.97. The van der Waals surface area contributed by atoms with Gasteiger partial charge in [-0.25, -0.2) is 0 Å². The zero-order chi connectivity index (χ0) is 14.4. The van der Waals surface area contributed by atoms with Crippen LogP contribution in [0.4, 0.5) is 0 Å². The Bertz CT molecular complexity index is 435. The van der Waals surface area contributed by atoms with Gasteiger partial charge in [-0.15, -0.1) is 0 Å². The van der Waals surface area contributed by atoms with Gasteiger partial charge in [0.1, 0.15) is 0 Å². The number of alkyl halides is 1.